The normalized spacial score (nSPS) is 17.3. The summed E-state index contributed by atoms with van der Waals surface area (Å²) in [4.78, 5) is 25.0. The highest BCUT2D eigenvalue weighted by molar-refractivity contribution is 6.03. The SMILES string of the molecule is CC1(C)CC(=O)c2c(nc(N3CCc4ccccc4C3)nc2Nc2ccccc2)C1. The second-order valence-electron chi connectivity index (χ2n) is 9.07. The van der Waals surface area contributed by atoms with Crippen LogP contribution in [0.3, 0.4) is 0 Å². The summed E-state index contributed by atoms with van der Waals surface area (Å²) in [5.74, 6) is 1.45. The first-order valence-corrected chi connectivity index (χ1v) is 10.6. The molecule has 1 aliphatic carbocycles. The van der Waals surface area contributed by atoms with Gasteiger partial charge in [0.2, 0.25) is 5.95 Å². The fourth-order valence-corrected chi connectivity index (χ4v) is 4.51. The molecule has 30 heavy (non-hydrogen) atoms. The molecule has 152 valence electrons. The number of fused-ring (bicyclic) bond motifs is 2. The number of Topliss-reactive ketones (excluding diaryl/α,β-unsaturated/α-hetero) is 1. The molecule has 0 bridgehead atoms. The molecule has 0 atom stereocenters. The van der Waals surface area contributed by atoms with Crippen LogP contribution in [0, 0.1) is 5.41 Å². The zero-order valence-corrected chi connectivity index (χ0v) is 17.5. The standard InChI is InChI=1S/C25H26N4O/c1-25(2)14-20-22(21(30)15-25)23(26-19-10-4-3-5-11-19)28-24(27-20)29-13-12-17-8-6-7-9-18(17)16-29/h3-11H,12-16H2,1-2H3,(H,26,27,28). The van der Waals surface area contributed by atoms with Crippen molar-refractivity contribution in [2.45, 2.75) is 39.7 Å². The first-order valence-electron chi connectivity index (χ1n) is 10.6. The molecule has 5 heteroatoms. The highest BCUT2D eigenvalue weighted by atomic mass is 16.1. The van der Waals surface area contributed by atoms with E-state index < -0.39 is 0 Å². The van der Waals surface area contributed by atoms with Crippen molar-refractivity contribution in [2.24, 2.45) is 5.41 Å². The molecule has 3 aromatic rings. The molecule has 1 aromatic heterocycles. The topological polar surface area (TPSA) is 58.1 Å². The predicted molar refractivity (Wildman–Crippen MR) is 119 cm³/mol. The number of benzene rings is 2. The van der Waals surface area contributed by atoms with Gasteiger partial charge in [-0.05, 0) is 41.5 Å². The number of anilines is 3. The van der Waals surface area contributed by atoms with Gasteiger partial charge in [-0.25, -0.2) is 4.98 Å². The molecule has 0 saturated heterocycles. The monoisotopic (exact) mass is 398 g/mol. The molecular weight excluding hydrogens is 372 g/mol. The molecule has 1 N–H and O–H groups in total. The van der Waals surface area contributed by atoms with Crippen LogP contribution in [0.1, 0.15) is 47.4 Å². The number of nitrogens with zero attached hydrogens (tertiary/aromatic N) is 3. The number of ketones is 1. The smallest absolute Gasteiger partial charge is 0.227 e. The van der Waals surface area contributed by atoms with Crippen molar-refractivity contribution >= 4 is 23.2 Å². The lowest BCUT2D eigenvalue weighted by molar-refractivity contribution is 0.0911. The Bertz CT molecular complexity index is 1110. The molecule has 2 aliphatic rings. The molecule has 0 radical (unpaired) electrons. The lowest BCUT2D eigenvalue weighted by Gasteiger charge is -2.33. The van der Waals surface area contributed by atoms with Crippen molar-refractivity contribution in [1.82, 2.24) is 9.97 Å². The fraction of sp³-hybridized carbons (Fsp3) is 0.320. The van der Waals surface area contributed by atoms with Gasteiger partial charge in [-0.1, -0.05) is 56.3 Å². The minimum absolute atomic E-state index is 0.0891. The molecule has 0 spiro atoms. The quantitative estimate of drug-likeness (QED) is 0.677. The minimum Gasteiger partial charge on any atom is -0.339 e. The average Bonchev–Trinajstić information content (AvgIpc) is 2.72. The summed E-state index contributed by atoms with van der Waals surface area (Å²) in [7, 11) is 0. The van der Waals surface area contributed by atoms with Gasteiger partial charge in [0.15, 0.2) is 5.78 Å². The van der Waals surface area contributed by atoms with Gasteiger partial charge in [-0.15, -0.1) is 0 Å². The largest absolute Gasteiger partial charge is 0.339 e. The second kappa shape index (κ2) is 7.24. The van der Waals surface area contributed by atoms with E-state index in [1.54, 1.807) is 0 Å². The van der Waals surface area contributed by atoms with Crippen LogP contribution in [0.4, 0.5) is 17.5 Å². The maximum atomic E-state index is 13.0. The van der Waals surface area contributed by atoms with Crippen molar-refractivity contribution in [3.63, 3.8) is 0 Å². The summed E-state index contributed by atoms with van der Waals surface area (Å²) in [6.45, 7) is 5.93. The van der Waals surface area contributed by atoms with Crippen molar-refractivity contribution < 1.29 is 4.79 Å². The number of rotatable bonds is 3. The molecule has 5 rings (SSSR count). The summed E-state index contributed by atoms with van der Waals surface area (Å²) in [5, 5.41) is 3.39. The maximum absolute atomic E-state index is 13.0. The van der Waals surface area contributed by atoms with Gasteiger partial charge in [0.05, 0.1) is 11.3 Å². The first-order chi connectivity index (χ1) is 14.5. The van der Waals surface area contributed by atoms with Crippen LogP contribution < -0.4 is 10.2 Å². The number of para-hydroxylation sites is 1. The Morgan fingerprint density at radius 1 is 0.933 bits per heavy atom. The van der Waals surface area contributed by atoms with Crippen LogP contribution in [0.2, 0.25) is 0 Å². The predicted octanol–water partition coefficient (Wildman–Crippen LogP) is 4.94. The molecule has 0 saturated carbocycles. The van der Waals surface area contributed by atoms with Crippen molar-refractivity contribution in [1.29, 1.82) is 0 Å². The fourth-order valence-electron chi connectivity index (χ4n) is 4.51. The van der Waals surface area contributed by atoms with E-state index in [9.17, 15) is 4.79 Å². The van der Waals surface area contributed by atoms with E-state index in [0.717, 1.165) is 37.3 Å². The summed E-state index contributed by atoms with van der Waals surface area (Å²) >= 11 is 0. The van der Waals surface area contributed by atoms with Gasteiger partial charge in [0, 0.05) is 25.2 Å². The van der Waals surface area contributed by atoms with Gasteiger partial charge in [0.25, 0.3) is 0 Å². The third kappa shape index (κ3) is 3.56. The highest BCUT2D eigenvalue weighted by Crippen LogP contribution is 2.38. The molecule has 0 amide bonds. The number of hydrogen-bond donors (Lipinski definition) is 1. The van der Waals surface area contributed by atoms with Crippen LogP contribution in [-0.2, 0) is 19.4 Å². The maximum Gasteiger partial charge on any atom is 0.227 e. The highest BCUT2D eigenvalue weighted by Gasteiger charge is 2.35. The summed E-state index contributed by atoms with van der Waals surface area (Å²) < 4.78 is 0. The van der Waals surface area contributed by atoms with Crippen LogP contribution >= 0.6 is 0 Å². The first kappa shape index (κ1) is 18.8. The molecule has 2 heterocycles. The number of carbonyl (C=O) groups is 1. The minimum atomic E-state index is -0.0891. The molecule has 5 nitrogen and oxygen atoms in total. The van der Waals surface area contributed by atoms with E-state index in [1.807, 2.05) is 30.3 Å². The van der Waals surface area contributed by atoms with Crippen LogP contribution in [0.25, 0.3) is 0 Å². The Kier molecular flexibility index (Phi) is 4.54. The molecule has 0 fully saturated rings. The summed E-state index contributed by atoms with van der Waals surface area (Å²) in [5.41, 5.74) is 5.06. The van der Waals surface area contributed by atoms with Crippen LogP contribution in [-0.4, -0.2) is 22.3 Å². The Balaban J connectivity index is 1.57. The van der Waals surface area contributed by atoms with Gasteiger partial charge in [-0.3, -0.25) is 4.79 Å². The number of nitrogens with one attached hydrogen (secondary N) is 1. The lowest BCUT2D eigenvalue weighted by atomic mass is 9.75. The van der Waals surface area contributed by atoms with Crippen LogP contribution in [0.15, 0.2) is 54.6 Å². The number of aromatic nitrogens is 2. The third-order valence-electron chi connectivity index (χ3n) is 5.99. The van der Waals surface area contributed by atoms with E-state index in [4.69, 9.17) is 9.97 Å². The molecular formula is C25H26N4O. The Labute approximate surface area is 177 Å². The zero-order chi connectivity index (χ0) is 20.7. The average molecular weight is 399 g/mol. The Morgan fingerprint density at radius 2 is 1.67 bits per heavy atom. The van der Waals surface area contributed by atoms with Gasteiger partial charge >= 0.3 is 0 Å². The molecule has 1 aliphatic heterocycles. The summed E-state index contributed by atoms with van der Waals surface area (Å²) in [6, 6.07) is 18.5. The van der Waals surface area contributed by atoms with Crippen molar-refractivity contribution in [3.05, 3.63) is 77.0 Å². The van der Waals surface area contributed by atoms with E-state index >= 15 is 0 Å². The van der Waals surface area contributed by atoms with Gasteiger partial charge in [-0.2, -0.15) is 4.98 Å². The van der Waals surface area contributed by atoms with Crippen LogP contribution in [0.5, 0.6) is 0 Å². The Hall–Kier alpha value is -3.21. The van der Waals surface area contributed by atoms with Gasteiger partial charge in [0.1, 0.15) is 5.82 Å². The van der Waals surface area contributed by atoms with Crippen molar-refractivity contribution in [3.8, 4) is 0 Å². The lowest BCUT2D eigenvalue weighted by Crippen LogP contribution is -2.34. The second-order valence-corrected chi connectivity index (χ2v) is 9.07. The third-order valence-corrected chi connectivity index (χ3v) is 5.99. The number of carbonyl (C=O) groups excluding carboxylic acids is 1. The summed E-state index contributed by atoms with van der Waals surface area (Å²) in [6.07, 6.45) is 2.27. The van der Waals surface area contributed by atoms with E-state index in [2.05, 4.69) is 48.3 Å². The van der Waals surface area contributed by atoms with E-state index in [1.165, 1.54) is 11.1 Å². The molecule has 2 aromatic carbocycles. The molecule has 0 unspecified atom stereocenters. The van der Waals surface area contributed by atoms with Crippen molar-refractivity contribution in [2.75, 3.05) is 16.8 Å². The Morgan fingerprint density at radius 3 is 2.47 bits per heavy atom. The van der Waals surface area contributed by atoms with E-state index in [-0.39, 0.29) is 11.2 Å². The van der Waals surface area contributed by atoms with E-state index in [0.29, 0.717) is 23.8 Å². The number of hydrogen-bond acceptors (Lipinski definition) is 5. The zero-order valence-electron chi connectivity index (χ0n) is 17.5. The van der Waals surface area contributed by atoms with Gasteiger partial charge < -0.3 is 10.2 Å².